The van der Waals surface area contributed by atoms with Crippen molar-refractivity contribution >= 4 is 15.6 Å². The molecule has 1 saturated carbocycles. The van der Waals surface area contributed by atoms with Crippen LogP contribution in [0.4, 0.5) is 0 Å². The first kappa shape index (κ1) is 29.7. The highest BCUT2D eigenvalue weighted by molar-refractivity contribution is 7.88. The van der Waals surface area contributed by atoms with Crippen LogP contribution in [0, 0.1) is 11.8 Å². The number of hydrogen-bond donors (Lipinski definition) is 1. The Morgan fingerprint density at radius 2 is 1.70 bits per heavy atom. The van der Waals surface area contributed by atoms with Gasteiger partial charge in [0.15, 0.2) is 0 Å². The maximum absolute atomic E-state index is 12.2. The summed E-state index contributed by atoms with van der Waals surface area (Å²) in [6, 6.07) is 19.9. The van der Waals surface area contributed by atoms with Crippen molar-refractivity contribution in [2.45, 2.75) is 52.2 Å². The number of benzene rings is 2. The van der Waals surface area contributed by atoms with Crippen LogP contribution in [0.25, 0.3) is 5.57 Å². The Kier molecular flexibility index (Phi) is 9.60. The Labute approximate surface area is 238 Å². The van der Waals surface area contributed by atoms with E-state index in [0.717, 1.165) is 24.6 Å². The predicted octanol–water partition coefficient (Wildman–Crippen LogP) is 5.04. The lowest BCUT2D eigenvalue weighted by molar-refractivity contribution is 0.219. The smallest absolute Gasteiger partial charge is 0.247 e. The molecular formula is C31H41N5O3S. The van der Waals surface area contributed by atoms with Gasteiger partial charge in [0.2, 0.25) is 21.8 Å². The van der Waals surface area contributed by atoms with E-state index in [9.17, 15) is 8.42 Å². The van der Waals surface area contributed by atoms with Gasteiger partial charge in [-0.3, -0.25) is 9.21 Å². The molecule has 3 aromatic rings. The molecule has 0 radical (unpaired) electrons. The molecule has 40 heavy (non-hydrogen) atoms. The molecule has 1 fully saturated rings. The first-order valence-electron chi connectivity index (χ1n) is 13.8. The van der Waals surface area contributed by atoms with E-state index in [2.05, 4.69) is 59.3 Å². The Balaban J connectivity index is 1.65. The highest BCUT2D eigenvalue weighted by Gasteiger charge is 2.35. The van der Waals surface area contributed by atoms with Gasteiger partial charge in [-0.1, -0.05) is 73.7 Å². The summed E-state index contributed by atoms with van der Waals surface area (Å²) in [5.74, 6) is 2.05. The van der Waals surface area contributed by atoms with Crippen molar-refractivity contribution in [2.75, 3.05) is 19.8 Å². The first-order valence-corrected chi connectivity index (χ1v) is 15.6. The van der Waals surface area contributed by atoms with Gasteiger partial charge in [-0.25, -0.2) is 8.42 Å². The van der Waals surface area contributed by atoms with E-state index in [1.54, 1.807) is 13.0 Å². The third-order valence-electron chi connectivity index (χ3n) is 7.63. The molecule has 0 amide bonds. The third-order valence-corrected chi connectivity index (χ3v) is 8.92. The molecule has 2 N–H and O–H groups in total. The molecule has 0 bridgehead atoms. The fourth-order valence-corrected chi connectivity index (χ4v) is 5.30. The molecule has 0 saturated heterocycles. The van der Waals surface area contributed by atoms with Gasteiger partial charge in [-0.15, -0.1) is 10.2 Å². The van der Waals surface area contributed by atoms with Crippen LogP contribution in [0.2, 0.25) is 0 Å². The van der Waals surface area contributed by atoms with Crippen LogP contribution in [-0.2, 0) is 23.0 Å². The molecule has 2 aromatic carbocycles. The lowest BCUT2D eigenvalue weighted by atomic mass is 10.1. The first-order chi connectivity index (χ1) is 19.0. The molecule has 0 spiro atoms. The zero-order valence-electron chi connectivity index (χ0n) is 24.1. The van der Waals surface area contributed by atoms with Gasteiger partial charge in [0, 0.05) is 37.4 Å². The zero-order valence-corrected chi connectivity index (χ0v) is 24.9. The molecule has 4 atom stereocenters. The molecule has 1 aliphatic rings. The molecule has 3 unspecified atom stereocenters. The molecule has 1 aromatic heterocycles. The Morgan fingerprint density at radius 1 is 1.10 bits per heavy atom. The summed E-state index contributed by atoms with van der Waals surface area (Å²) in [5, 5.41) is 8.60. The molecule has 1 heterocycles. The van der Waals surface area contributed by atoms with Crippen molar-refractivity contribution in [2.24, 2.45) is 17.6 Å². The van der Waals surface area contributed by atoms with E-state index in [-0.39, 0.29) is 6.04 Å². The zero-order chi connectivity index (χ0) is 28.9. The van der Waals surface area contributed by atoms with Crippen LogP contribution >= 0.6 is 0 Å². The third kappa shape index (κ3) is 8.13. The van der Waals surface area contributed by atoms with Crippen molar-refractivity contribution < 1.29 is 12.8 Å². The highest BCUT2D eigenvalue weighted by Crippen LogP contribution is 2.39. The van der Waals surface area contributed by atoms with Crippen LogP contribution in [0.1, 0.15) is 56.1 Å². The van der Waals surface area contributed by atoms with Crippen molar-refractivity contribution in [3.8, 4) is 0 Å². The largest absolute Gasteiger partial charge is 0.419 e. The summed E-state index contributed by atoms with van der Waals surface area (Å²) in [4.78, 5) is 2.45. The van der Waals surface area contributed by atoms with Crippen LogP contribution in [-0.4, -0.2) is 53.7 Å². The Bertz CT molecular complexity index is 1420. The average Bonchev–Trinajstić information content (AvgIpc) is 3.39. The van der Waals surface area contributed by atoms with E-state index in [0.29, 0.717) is 35.4 Å². The van der Waals surface area contributed by atoms with Gasteiger partial charge >= 0.3 is 0 Å². The second-order valence-corrected chi connectivity index (χ2v) is 13.0. The molecule has 4 rings (SSSR count). The molecule has 1 aliphatic carbocycles. The van der Waals surface area contributed by atoms with Crippen molar-refractivity contribution in [1.29, 1.82) is 0 Å². The number of sulfonamides is 1. The quantitative estimate of drug-likeness (QED) is 0.291. The molecule has 0 aliphatic heterocycles. The standard InChI is InChI=1S/C31H41N5O3S/c1-22-16-28(22)21-36(20-26-14-10-7-11-15-26)24(3)18-27(17-23(2)35(4)40(5,37)38)30-33-34-31(39-30)29(32)19-25-12-8-6-9-13-25/h6-15,17-18,22,24,28-29H,16,19-21,32H2,1-5H3/b23-17+,27-18+/t22?,24?,28?,29-/m1/s1. The maximum Gasteiger partial charge on any atom is 0.247 e. The number of nitrogens with zero attached hydrogens (tertiary/aromatic N) is 4. The van der Waals surface area contributed by atoms with Crippen LogP contribution in [0.15, 0.2) is 82.9 Å². The SMILES string of the molecule is C/C(=C\C(=C/C(C)N(Cc1ccccc1)CC1CC1C)c1nnc([C@H](N)Cc2ccccc2)o1)N(C)S(C)(=O)=O. The fraction of sp³-hybridized carbons (Fsp3) is 0.419. The normalized spacial score (nSPS) is 19.5. The average molecular weight is 564 g/mol. The van der Waals surface area contributed by atoms with Crippen LogP contribution in [0.5, 0.6) is 0 Å². The van der Waals surface area contributed by atoms with Gasteiger partial charge in [0.05, 0.1) is 12.3 Å². The summed E-state index contributed by atoms with van der Waals surface area (Å²) >= 11 is 0. The monoisotopic (exact) mass is 563 g/mol. The second-order valence-electron chi connectivity index (χ2n) is 11.0. The summed E-state index contributed by atoms with van der Waals surface area (Å²) in [5.41, 5.74) is 9.95. The van der Waals surface area contributed by atoms with Crippen LogP contribution in [0.3, 0.4) is 0 Å². The van der Waals surface area contributed by atoms with E-state index >= 15 is 0 Å². The number of nitrogens with two attached hydrogens (primary N) is 1. The van der Waals surface area contributed by atoms with Crippen LogP contribution < -0.4 is 5.73 Å². The van der Waals surface area contributed by atoms with Gasteiger partial charge < -0.3 is 10.2 Å². The number of hydrogen-bond acceptors (Lipinski definition) is 7. The van der Waals surface area contributed by atoms with E-state index in [1.807, 2.05) is 36.4 Å². The molecule has 8 nitrogen and oxygen atoms in total. The molecule has 214 valence electrons. The highest BCUT2D eigenvalue weighted by atomic mass is 32.2. The number of rotatable bonds is 13. The summed E-state index contributed by atoms with van der Waals surface area (Å²) in [6.45, 7) is 7.98. The van der Waals surface area contributed by atoms with Crippen molar-refractivity contribution in [3.63, 3.8) is 0 Å². The Hall–Kier alpha value is -3.27. The maximum atomic E-state index is 12.2. The van der Waals surface area contributed by atoms with E-state index in [1.165, 1.54) is 29.6 Å². The van der Waals surface area contributed by atoms with Gasteiger partial charge in [-0.2, -0.15) is 0 Å². The lowest BCUT2D eigenvalue weighted by Gasteiger charge is -2.28. The lowest BCUT2D eigenvalue weighted by Crippen LogP contribution is -2.33. The fourth-order valence-electron chi connectivity index (χ4n) is 4.73. The second kappa shape index (κ2) is 12.9. The van der Waals surface area contributed by atoms with Gasteiger partial charge in [-0.05, 0) is 55.7 Å². The topological polar surface area (TPSA) is 106 Å². The van der Waals surface area contributed by atoms with Crippen molar-refractivity contribution in [3.05, 3.63) is 101 Å². The summed E-state index contributed by atoms with van der Waals surface area (Å²) < 4.78 is 31.8. The minimum atomic E-state index is -3.43. The minimum Gasteiger partial charge on any atom is -0.419 e. The molecule has 9 heteroatoms. The molecular weight excluding hydrogens is 522 g/mol. The van der Waals surface area contributed by atoms with E-state index in [4.69, 9.17) is 10.2 Å². The van der Waals surface area contributed by atoms with E-state index < -0.39 is 16.1 Å². The summed E-state index contributed by atoms with van der Waals surface area (Å²) in [6.07, 6.45) is 6.85. The minimum absolute atomic E-state index is 0.0175. The number of allylic oxidation sites excluding steroid dienone is 3. The van der Waals surface area contributed by atoms with Gasteiger partial charge in [0.1, 0.15) is 0 Å². The summed E-state index contributed by atoms with van der Waals surface area (Å²) in [7, 11) is -1.90. The number of aromatic nitrogens is 2. The van der Waals surface area contributed by atoms with Crippen molar-refractivity contribution in [1.82, 2.24) is 19.4 Å². The van der Waals surface area contributed by atoms with Gasteiger partial charge in [0.25, 0.3) is 0 Å². The predicted molar refractivity (Wildman–Crippen MR) is 159 cm³/mol. The Morgan fingerprint density at radius 3 is 2.27 bits per heavy atom.